The standard InChI is InChI=1S/C15H13N3O2/c1-20-15(19)13-4-2-3-5-14(13)18-10-11-6-7-17-12(8-11)9-16/h2-8,18H,10H2,1H3. The number of ether oxygens (including phenoxy) is 1. The van der Waals surface area contributed by atoms with Crippen LogP contribution < -0.4 is 5.32 Å². The van der Waals surface area contributed by atoms with Gasteiger partial charge in [0.1, 0.15) is 11.8 Å². The molecule has 5 nitrogen and oxygen atoms in total. The first kappa shape index (κ1) is 13.6. The van der Waals surface area contributed by atoms with E-state index in [-0.39, 0.29) is 5.97 Å². The predicted octanol–water partition coefficient (Wildman–Crippen LogP) is 2.35. The van der Waals surface area contributed by atoms with Gasteiger partial charge < -0.3 is 10.1 Å². The Kier molecular flexibility index (Phi) is 4.30. The molecule has 0 amide bonds. The van der Waals surface area contributed by atoms with E-state index in [0.717, 1.165) is 5.56 Å². The highest BCUT2D eigenvalue weighted by Gasteiger charge is 2.10. The number of carbonyl (C=O) groups is 1. The molecule has 1 aromatic carbocycles. The molecule has 1 heterocycles. The molecule has 1 N–H and O–H groups in total. The van der Waals surface area contributed by atoms with Gasteiger partial charge in [-0.1, -0.05) is 12.1 Å². The molecule has 0 atom stereocenters. The highest BCUT2D eigenvalue weighted by molar-refractivity contribution is 5.95. The van der Waals surface area contributed by atoms with E-state index in [1.54, 1.807) is 30.5 Å². The Morgan fingerprint density at radius 2 is 2.20 bits per heavy atom. The summed E-state index contributed by atoms with van der Waals surface area (Å²) in [5, 5.41) is 12.0. The average molecular weight is 267 g/mol. The summed E-state index contributed by atoms with van der Waals surface area (Å²) in [6, 6.07) is 12.6. The Morgan fingerprint density at radius 3 is 2.95 bits per heavy atom. The molecule has 2 aromatic rings. The van der Waals surface area contributed by atoms with Crippen molar-refractivity contribution >= 4 is 11.7 Å². The van der Waals surface area contributed by atoms with E-state index >= 15 is 0 Å². The van der Waals surface area contributed by atoms with Crippen molar-refractivity contribution in [3.05, 3.63) is 59.4 Å². The van der Waals surface area contributed by atoms with Gasteiger partial charge in [0.2, 0.25) is 0 Å². The minimum Gasteiger partial charge on any atom is -0.465 e. The van der Waals surface area contributed by atoms with Crippen LogP contribution in [-0.4, -0.2) is 18.1 Å². The summed E-state index contributed by atoms with van der Waals surface area (Å²) in [5.41, 5.74) is 2.45. The molecular formula is C15H13N3O2. The van der Waals surface area contributed by atoms with Gasteiger partial charge in [-0.15, -0.1) is 0 Å². The summed E-state index contributed by atoms with van der Waals surface area (Å²) in [7, 11) is 1.35. The lowest BCUT2D eigenvalue weighted by atomic mass is 10.1. The molecule has 0 saturated heterocycles. The van der Waals surface area contributed by atoms with Crippen molar-refractivity contribution in [2.45, 2.75) is 6.54 Å². The summed E-state index contributed by atoms with van der Waals surface area (Å²) >= 11 is 0. The number of hydrogen-bond donors (Lipinski definition) is 1. The maximum absolute atomic E-state index is 11.6. The lowest BCUT2D eigenvalue weighted by Gasteiger charge is -2.10. The van der Waals surface area contributed by atoms with Crippen molar-refractivity contribution in [1.29, 1.82) is 5.26 Å². The number of nitrogens with one attached hydrogen (secondary N) is 1. The molecule has 0 fully saturated rings. The average Bonchev–Trinajstić information content (AvgIpc) is 2.52. The first-order chi connectivity index (χ1) is 9.74. The number of hydrogen-bond acceptors (Lipinski definition) is 5. The van der Waals surface area contributed by atoms with E-state index in [2.05, 4.69) is 10.3 Å². The van der Waals surface area contributed by atoms with Crippen LogP contribution >= 0.6 is 0 Å². The lowest BCUT2D eigenvalue weighted by molar-refractivity contribution is 0.0602. The Labute approximate surface area is 116 Å². The quantitative estimate of drug-likeness (QED) is 0.861. The lowest BCUT2D eigenvalue weighted by Crippen LogP contribution is -2.08. The number of nitrogens with zero attached hydrogens (tertiary/aromatic N) is 2. The van der Waals surface area contributed by atoms with Crippen molar-refractivity contribution in [1.82, 2.24) is 4.98 Å². The number of carbonyl (C=O) groups excluding carboxylic acids is 1. The molecule has 0 spiro atoms. The second-order valence-corrected chi connectivity index (χ2v) is 4.05. The van der Waals surface area contributed by atoms with Gasteiger partial charge >= 0.3 is 5.97 Å². The van der Waals surface area contributed by atoms with Crippen LogP contribution in [0.25, 0.3) is 0 Å². The summed E-state index contributed by atoms with van der Waals surface area (Å²) in [4.78, 5) is 15.5. The van der Waals surface area contributed by atoms with Crippen LogP contribution in [0.15, 0.2) is 42.6 Å². The molecule has 0 saturated carbocycles. The van der Waals surface area contributed by atoms with Crippen LogP contribution in [0.5, 0.6) is 0 Å². The van der Waals surface area contributed by atoms with Crippen molar-refractivity contribution in [2.24, 2.45) is 0 Å². The molecule has 2 rings (SSSR count). The number of anilines is 1. The monoisotopic (exact) mass is 267 g/mol. The summed E-state index contributed by atoms with van der Waals surface area (Å²) in [5.74, 6) is -0.388. The maximum Gasteiger partial charge on any atom is 0.339 e. The van der Waals surface area contributed by atoms with Gasteiger partial charge in [0.05, 0.1) is 12.7 Å². The van der Waals surface area contributed by atoms with Gasteiger partial charge in [0, 0.05) is 18.4 Å². The fourth-order valence-electron chi connectivity index (χ4n) is 1.77. The van der Waals surface area contributed by atoms with Crippen LogP contribution in [0.4, 0.5) is 5.69 Å². The number of esters is 1. The van der Waals surface area contributed by atoms with Crippen molar-refractivity contribution < 1.29 is 9.53 Å². The number of benzene rings is 1. The Hall–Kier alpha value is -2.87. The number of rotatable bonds is 4. The molecule has 0 aliphatic carbocycles. The van der Waals surface area contributed by atoms with E-state index in [1.807, 2.05) is 18.2 Å². The van der Waals surface area contributed by atoms with Crippen molar-refractivity contribution in [3.8, 4) is 6.07 Å². The Bertz CT molecular complexity index is 662. The highest BCUT2D eigenvalue weighted by Crippen LogP contribution is 2.17. The molecule has 100 valence electrons. The zero-order chi connectivity index (χ0) is 14.4. The number of nitriles is 1. The van der Waals surface area contributed by atoms with Crippen LogP contribution in [0.3, 0.4) is 0 Å². The third kappa shape index (κ3) is 3.12. The van der Waals surface area contributed by atoms with Gasteiger partial charge in [-0.25, -0.2) is 9.78 Å². The fourth-order valence-corrected chi connectivity index (χ4v) is 1.77. The molecule has 20 heavy (non-hydrogen) atoms. The van der Waals surface area contributed by atoms with E-state index in [1.165, 1.54) is 7.11 Å². The first-order valence-corrected chi connectivity index (χ1v) is 6.01. The largest absolute Gasteiger partial charge is 0.465 e. The van der Waals surface area contributed by atoms with Crippen LogP contribution in [0.1, 0.15) is 21.6 Å². The summed E-state index contributed by atoms with van der Waals surface area (Å²) in [6.07, 6.45) is 1.59. The second-order valence-electron chi connectivity index (χ2n) is 4.05. The van der Waals surface area contributed by atoms with Gasteiger partial charge in [0.15, 0.2) is 0 Å². The van der Waals surface area contributed by atoms with E-state index in [4.69, 9.17) is 10.00 Å². The van der Waals surface area contributed by atoms with Gasteiger partial charge in [0.25, 0.3) is 0 Å². The van der Waals surface area contributed by atoms with E-state index < -0.39 is 0 Å². The Morgan fingerprint density at radius 1 is 1.40 bits per heavy atom. The van der Waals surface area contributed by atoms with Crippen LogP contribution in [-0.2, 0) is 11.3 Å². The van der Waals surface area contributed by atoms with Crippen molar-refractivity contribution in [2.75, 3.05) is 12.4 Å². The minimum absolute atomic E-state index is 0.366. The molecule has 0 aliphatic rings. The molecule has 0 radical (unpaired) electrons. The van der Waals surface area contributed by atoms with Crippen LogP contribution in [0.2, 0.25) is 0 Å². The fraction of sp³-hybridized carbons (Fsp3) is 0.133. The predicted molar refractivity (Wildman–Crippen MR) is 74.1 cm³/mol. The van der Waals surface area contributed by atoms with Crippen molar-refractivity contribution in [3.63, 3.8) is 0 Å². The molecule has 0 aliphatic heterocycles. The topological polar surface area (TPSA) is 75.0 Å². The first-order valence-electron chi connectivity index (χ1n) is 6.01. The molecule has 5 heteroatoms. The third-order valence-corrected chi connectivity index (χ3v) is 2.75. The number of methoxy groups -OCH3 is 1. The number of pyridine rings is 1. The SMILES string of the molecule is COC(=O)c1ccccc1NCc1ccnc(C#N)c1. The maximum atomic E-state index is 11.6. The molecule has 1 aromatic heterocycles. The van der Waals surface area contributed by atoms with Gasteiger partial charge in [-0.05, 0) is 29.8 Å². The van der Waals surface area contributed by atoms with Gasteiger partial charge in [-0.2, -0.15) is 5.26 Å². The molecular weight excluding hydrogens is 254 g/mol. The Balaban J connectivity index is 2.15. The smallest absolute Gasteiger partial charge is 0.339 e. The minimum atomic E-state index is -0.388. The number of aromatic nitrogens is 1. The van der Waals surface area contributed by atoms with Gasteiger partial charge in [-0.3, -0.25) is 0 Å². The second kappa shape index (κ2) is 6.34. The summed E-state index contributed by atoms with van der Waals surface area (Å²) in [6.45, 7) is 0.491. The van der Waals surface area contributed by atoms with E-state index in [0.29, 0.717) is 23.5 Å². The number of para-hydroxylation sites is 1. The molecule has 0 unspecified atom stereocenters. The third-order valence-electron chi connectivity index (χ3n) is 2.75. The summed E-state index contributed by atoms with van der Waals surface area (Å²) < 4.78 is 4.73. The van der Waals surface area contributed by atoms with Crippen LogP contribution in [0, 0.1) is 11.3 Å². The van der Waals surface area contributed by atoms with E-state index in [9.17, 15) is 4.79 Å². The normalized spacial score (nSPS) is 9.60. The zero-order valence-corrected chi connectivity index (χ0v) is 11.0. The molecule has 0 bridgehead atoms. The zero-order valence-electron chi connectivity index (χ0n) is 11.0. The highest BCUT2D eigenvalue weighted by atomic mass is 16.5.